The van der Waals surface area contributed by atoms with Crippen molar-refractivity contribution in [3.8, 4) is 0 Å². The average Bonchev–Trinajstić information content (AvgIpc) is 3.47. The number of rotatable bonds is 3. The second-order valence-corrected chi connectivity index (χ2v) is 7.78. The Balaban J connectivity index is 1.35. The summed E-state index contributed by atoms with van der Waals surface area (Å²) in [7, 11) is 0. The SMILES string of the molecule is O=C1N=c2ccc3oc4ccccc4c3c2=C1NNc1ccc2c(c1)oc1ccccc12. The predicted molar refractivity (Wildman–Crippen MR) is 123 cm³/mol. The van der Waals surface area contributed by atoms with E-state index in [4.69, 9.17) is 8.83 Å². The molecule has 0 spiro atoms. The molecule has 0 radical (unpaired) electrons. The van der Waals surface area contributed by atoms with Crippen LogP contribution in [0.2, 0.25) is 0 Å². The van der Waals surface area contributed by atoms with E-state index in [1.807, 2.05) is 78.9 Å². The van der Waals surface area contributed by atoms with Crippen LogP contribution in [0.1, 0.15) is 0 Å². The second-order valence-electron chi connectivity index (χ2n) is 7.78. The number of hydrogen-bond donors (Lipinski definition) is 2. The highest BCUT2D eigenvalue weighted by molar-refractivity contribution is 6.18. The van der Waals surface area contributed by atoms with Crippen LogP contribution in [0.5, 0.6) is 0 Å². The van der Waals surface area contributed by atoms with Gasteiger partial charge in [0.2, 0.25) is 0 Å². The maximum Gasteiger partial charge on any atom is 0.296 e. The summed E-state index contributed by atoms with van der Waals surface area (Å²) in [5.74, 6) is -0.324. The molecule has 2 N–H and O–H groups in total. The van der Waals surface area contributed by atoms with E-state index >= 15 is 0 Å². The minimum Gasteiger partial charge on any atom is -0.456 e. The third-order valence-electron chi connectivity index (χ3n) is 5.92. The number of nitrogens with zero attached hydrogens (tertiary/aromatic N) is 1. The van der Waals surface area contributed by atoms with Gasteiger partial charge in [-0.1, -0.05) is 36.4 Å². The standard InChI is InChI=1S/C26H15N3O3/c30-26-25(24-18(27-26)11-12-21-23(24)17-6-2-4-8-20(17)31-21)29-28-14-9-10-16-15-5-1-3-7-19(15)32-22(16)13-14/h1-13,28H,(H,27,29,30). The van der Waals surface area contributed by atoms with Gasteiger partial charge in [0.05, 0.1) is 11.0 Å². The van der Waals surface area contributed by atoms with Gasteiger partial charge in [-0.3, -0.25) is 10.2 Å². The molecule has 0 aliphatic carbocycles. The molecule has 1 aliphatic rings. The van der Waals surface area contributed by atoms with E-state index in [0.717, 1.165) is 54.8 Å². The molecular formula is C26H15N3O3. The van der Waals surface area contributed by atoms with Crippen molar-refractivity contribution in [1.29, 1.82) is 0 Å². The molecule has 152 valence electrons. The van der Waals surface area contributed by atoms with Gasteiger partial charge in [0.1, 0.15) is 28.0 Å². The summed E-state index contributed by atoms with van der Waals surface area (Å²) in [6.07, 6.45) is 0. The van der Waals surface area contributed by atoms with Gasteiger partial charge in [-0.25, -0.2) is 4.99 Å². The second kappa shape index (κ2) is 6.21. The number of amides is 1. The Labute approximate surface area is 180 Å². The van der Waals surface area contributed by atoms with Crippen molar-refractivity contribution < 1.29 is 13.6 Å². The number of para-hydroxylation sites is 2. The molecule has 3 heterocycles. The number of benzene rings is 4. The number of carbonyl (C=O) groups excluding carboxylic acids is 1. The maximum atomic E-state index is 12.7. The highest BCUT2D eigenvalue weighted by Crippen LogP contribution is 2.30. The van der Waals surface area contributed by atoms with Gasteiger partial charge in [0.25, 0.3) is 5.91 Å². The van der Waals surface area contributed by atoms with Crippen molar-refractivity contribution in [2.75, 3.05) is 5.43 Å². The molecule has 1 aliphatic heterocycles. The van der Waals surface area contributed by atoms with Crippen LogP contribution in [0.25, 0.3) is 49.6 Å². The number of hydrogen-bond acceptors (Lipinski definition) is 5. The highest BCUT2D eigenvalue weighted by atomic mass is 16.3. The first-order valence-electron chi connectivity index (χ1n) is 10.3. The third-order valence-corrected chi connectivity index (χ3v) is 5.92. The molecule has 0 fully saturated rings. The number of fused-ring (bicyclic) bond motifs is 8. The molecule has 32 heavy (non-hydrogen) atoms. The smallest absolute Gasteiger partial charge is 0.296 e. The number of nitrogens with one attached hydrogen (secondary N) is 2. The van der Waals surface area contributed by atoms with Crippen LogP contribution in [-0.4, -0.2) is 5.91 Å². The number of hydrazine groups is 1. The molecule has 6 aromatic rings. The maximum absolute atomic E-state index is 12.7. The van der Waals surface area contributed by atoms with Crippen molar-refractivity contribution in [1.82, 2.24) is 5.43 Å². The fourth-order valence-electron chi connectivity index (χ4n) is 4.48. The molecule has 0 saturated heterocycles. The van der Waals surface area contributed by atoms with Crippen LogP contribution in [0.4, 0.5) is 5.69 Å². The molecule has 0 saturated carbocycles. The first-order valence-corrected chi connectivity index (χ1v) is 10.3. The van der Waals surface area contributed by atoms with E-state index in [1.54, 1.807) is 0 Å². The van der Waals surface area contributed by atoms with Crippen molar-refractivity contribution >= 4 is 61.2 Å². The highest BCUT2D eigenvalue weighted by Gasteiger charge is 2.21. The van der Waals surface area contributed by atoms with E-state index in [-0.39, 0.29) is 5.91 Å². The topological polar surface area (TPSA) is 79.8 Å². The zero-order chi connectivity index (χ0) is 21.2. The summed E-state index contributed by atoms with van der Waals surface area (Å²) in [6.45, 7) is 0. The molecule has 6 heteroatoms. The van der Waals surface area contributed by atoms with Crippen LogP contribution in [0.3, 0.4) is 0 Å². The Morgan fingerprint density at radius 3 is 2.25 bits per heavy atom. The molecule has 0 atom stereocenters. The van der Waals surface area contributed by atoms with E-state index < -0.39 is 0 Å². The zero-order valence-electron chi connectivity index (χ0n) is 16.7. The Morgan fingerprint density at radius 1 is 0.656 bits per heavy atom. The van der Waals surface area contributed by atoms with Gasteiger partial charge in [0.15, 0.2) is 0 Å². The first-order chi connectivity index (χ1) is 15.8. The molecule has 0 bridgehead atoms. The lowest BCUT2D eigenvalue weighted by Crippen LogP contribution is -2.32. The van der Waals surface area contributed by atoms with E-state index in [1.165, 1.54) is 0 Å². The van der Waals surface area contributed by atoms with Crippen molar-refractivity contribution in [2.24, 2.45) is 4.99 Å². The van der Waals surface area contributed by atoms with E-state index in [9.17, 15) is 4.79 Å². The summed E-state index contributed by atoms with van der Waals surface area (Å²) >= 11 is 0. The summed E-state index contributed by atoms with van der Waals surface area (Å²) in [4.78, 5) is 17.0. The van der Waals surface area contributed by atoms with Gasteiger partial charge < -0.3 is 14.3 Å². The average molecular weight is 417 g/mol. The van der Waals surface area contributed by atoms with E-state index in [0.29, 0.717) is 11.1 Å². The van der Waals surface area contributed by atoms with Gasteiger partial charge in [-0.2, -0.15) is 0 Å². The molecule has 4 aromatic carbocycles. The van der Waals surface area contributed by atoms with Crippen LogP contribution in [0.15, 0.2) is 92.7 Å². The van der Waals surface area contributed by atoms with Crippen LogP contribution >= 0.6 is 0 Å². The molecule has 1 amide bonds. The Hall–Kier alpha value is -4.58. The van der Waals surface area contributed by atoms with Crippen LogP contribution < -0.4 is 21.4 Å². The van der Waals surface area contributed by atoms with Crippen LogP contribution in [0, 0.1) is 0 Å². The third kappa shape index (κ3) is 2.34. The first kappa shape index (κ1) is 17.1. The van der Waals surface area contributed by atoms with Gasteiger partial charge in [-0.05, 0) is 36.4 Å². The van der Waals surface area contributed by atoms with Crippen molar-refractivity contribution in [3.05, 3.63) is 89.4 Å². The number of furan rings is 2. The minimum absolute atomic E-state index is 0.324. The largest absolute Gasteiger partial charge is 0.456 e. The summed E-state index contributed by atoms with van der Waals surface area (Å²) < 4.78 is 11.9. The van der Waals surface area contributed by atoms with Crippen molar-refractivity contribution in [3.63, 3.8) is 0 Å². The normalized spacial score (nSPS) is 13.2. The lowest BCUT2D eigenvalue weighted by Gasteiger charge is -2.09. The fraction of sp³-hybridized carbons (Fsp3) is 0. The Bertz CT molecular complexity index is 1860. The minimum atomic E-state index is -0.324. The number of carbonyl (C=O) groups is 1. The monoisotopic (exact) mass is 417 g/mol. The predicted octanol–water partition coefficient (Wildman–Crippen LogP) is 4.37. The summed E-state index contributed by atoms with van der Waals surface area (Å²) in [5.41, 5.74) is 10.5. The Kier molecular flexibility index (Phi) is 3.33. The summed E-state index contributed by atoms with van der Waals surface area (Å²) in [5, 5.41) is 5.32. The molecule has 2 aromatic heterocycles. The molecule has 0 unspecified atom stereocenters. The lowest BCUT2D eigenvalue weighted by molar-refractivity contribution is -0.112. The summed E-state index contributed by atoms with van der Waals surface area (Å²) in [6, 6.07) is 25.3. The fourth-order valence-corrected chi connectivity index (χ4v) is 4.48. The lowest BCUT2D eigenvalue weighted by atomic mass is 10.1. The van der Waals surface area contributed by atoms with Gasteiger partial charge >= 0.3 is 0 Å². The van der Waals surface area contributed by atoms with Gasteiger partial charge in [-0.15, -0.1) is 0 Å². The number of anilines is 1. The van der Waals surface area contributed by atoms with Gasteiger partial charge in [0, 0.05) is 32.8 Å². The Morgan fingerprint density at radius 2 is 1.38 bits per heavy atom. The van der Waals surface area contributed by atoms with E-state index in [2.05, 4.69) is 15.8 Å². The van der Waals surface area contributed by atoms with Crippen LogP contribution in [-0.2, 0) is 4.79 Å². The quantitative estimate of drug-likeness (QED) is 0.418. The molecule has 7 rings (SSSR count). The van der Waals surface area contributed by atoms with Crippen molar-refractivity contribution in [2.45, 2.75) is 0 Å². The molecule has 6 nitrogen and oxygen atoms in total. The zero-order valence-corrected chi connectivity index (χ0v) is 16.7. The molecular weight excluding hydrogens is 402 g/mol.